The highest BCUT2D eigenvalue weighted by Gasteiger charge is 2.20. The van der Waals surface area contributed by atoms with Crippen LogP contribution in [0, 0.1) is 0 Å². The van der Waals surface area contributed by atoms with Crippen LogP contribution in [0.2, 0.25) is 0 Å². The number of hydrogen-bond donors (Lipinski definition) is 1. The first-order chi connectivity index (χ1) is 12.6. The lowest BCUT2D eigenvalue weighted by Crippen LogP contribution is -2.30. The average molecular weight is 396 g/mol. The number of imidazole rings is 1. The molecule has 0 unspecified atom stereocenters. The first-order valence-corrected chi connectivity index (χ1v) is 9.92. The molecule has 27 heavy (non-hydrogen) atoms. The van der Waals surface area contributed by atoms with E-state index in [4.69, 9.17) is 10.5 Å². The van der Waals surface area contributed by atoms with E-state index in [1.165, 1.54) is 33.2 Å². The highest BCUT2D eigenvalue weighted by molar-refractivity contribution is 7.89. The normalized spacial score (nSPS) is 13.1. The number of nitrogens with two attached hydrogens (primary N) is 1. The molecule has 2 rings (SSSR count). The zero-order valence-corrected chi connectivity index (χ0v) is 16.6. The lowest BCUT2D eigenvalue weighted by atomic mass is 10.3. The predicted octanol–water partition coefficient (Wildman–Crippen LogP) is 0.656. The zero-order chi connectivity index (χ0) is 20.4. The maximum atomic E-state index is 12.3. The largest absolute Gasteiger partial charge is 0.453 e. The van der Waals surface area contributed by atoms with Crippen LogP contribution in [0.4, 0.5) is 0 Å². The third-order valence-electron chi connectivity index (χ3n) is 4.16. The van der Waals surface area contributed by atoms with Gasteiger partial charge in [-0.05, 0) is 32.0 Å². The van der Waals surface area contributed by atoms with Gasteiger partial charge in [0.25, 0.3) is 5.91 Å². The van der Waals surface area contributed by atoms with Crippen LogP contribution in [0.25, 0.3) is 11.0 Å². The summed E-state index contributed by atoms with van der Waals surface area (Å²) in [5.41, 5.74) is 6.39. The number of benzene rings is 1. The van der Waals surface area contributed by atoms with E-state index in [9.17, 15) is 18.0 Å². The van der Waals surface area contributed by atoms with Crippen molar-refractivity contribution in [2.45, 2.75) is 44.2 Å². The lowest BCUT2D eigenvalue weighted by Gasteiger charge is -2.11. The topological polar surface area (TPSA) is 125 Å². The molecule has 2 N–H and O–H groups in total. The van der Waals surface area contributed by atoms with Gasteiger partial charge >= 0.3 is 5.97 Å². The second-order valence-corrected chi connectivity index (χ2v) is 8.40. The fourth-order valence-electron chi connectivity index (χ4n) is 2.60. The van der Waals surface area contributed by atoms with Gasteiger partial charge in [0.15, 0.2) is 6.10 Å². The molecule has 1 amide bonds. The maximum Gasteiger partial charge on any atom is 0.307 e. The van der Waals surface area contributed by atoms with Crippen molar-refractivity contribution in [2.24, 2.45) is 5.73 Å². The summed E-state index contributed by atoms with van der Waals surface area (Å²) < 4.78 is 32.6. The Morgan fingerprint density at radius 3 is 2.56 bits per heavy atom. The summed E-state index contributed by atoms with van der Waals surface area (Å²) in [6, 6.07) is 4.77. The Morgan fingerprint density at radius 2 is 2.00 bits per heavy atom. The van der Waals surface area contributed by atoms with E-state index in [0.717, 1.165) is 9.82 Å². The van der Waals surface area contributed by atoms with Crippen molar-refractivity contribution >= 4 is 32.9 Å². The number of hydrogen-bond acceptors (Lipinski definition) is 6. The van der Waals surface area contributed by atoms with Gasteiger partial charge in [0.05, 0.1) is 22.3 Å². The molecule has 0 aliphatic heterocycles. The van der Waals surface area contributed by atoms with Crippen molar-refractivity contribution in [3.05, 3.63) is 24.0 Å². The van der Waals surface area contributed by atoms with Gasteiger partial charge in [-0.2, -0.15) is 0 Å². The quantitative estimate of drug-likeness (QED) is 0.654. The molecule has 0 aliphatic rings. The van der Waals surface area contributed by atoms with Gasteiger partial charge in [0.2, 0.25) is 10.0 Å². The summed E-state index contributed by atoms with van der Waals surface area (Å²) in [5.74, 6) is -0.624. The number of carbonyl (C=O) groups excluding carboxylic acids is 2. The summed E-state index contributed by atoms with van der Waals surface area (Å²) in [5, 5.41) is 0. The second kappa shape index (κ2) is 8.05. The van der Waals surface area contributed by atoms with Crippen LogP contribution in [0.5, 0.6) is 0 Å². The number of ether oxygens (including phenoxy) is 1. The third kappa shape index (κ3) is 4.45. The van der Waals surface area contributed by atoms with Crippen LogP contribution < -0.4 is 5.73 Å². The molecule has 1 atom stereocenters. The lowest BCUT2D eigenvalue weighted by molar-refractivity contribution is -0.153. The Bertz CT molecular complexity index is 965. The van der Waals surface area contributed by atoms with Gasteiger partial charge in [-0.15, -0.1) is 0 Å². The number of aryl methyl sites for hydroxylation is 2. The molecule has 0 fully saturated rings. The summed E-state index contributed by atoms with van der Waals surface area (Å²) in [4.78, 5) is 27.5. The number of esters is 1. The standard InChI is InChI=1S/C17H24N4O5S/c1-5-21-14-7-6-12(27(24,25)20(3)4)10-13(14)19-15(21)8-9-16(22)26-11(2)17(18)23/h6-7,10-11H,5,8-9H2,1-4H3,(H2,18,23)/t11-/m0/s1. The highest BCUT2D eigenvalue weighted by atomic mass is 32.2. The Hall–Kier alpha value is -2.46. The van der Waals surface area contributed by atoms with Crippen LogP contribution in [0.15, 0.2) is 23.1 Å². The molecule has 0 saturated heterocycles. The monoisotopic (exact) mass is 396 g/mol. The van der Waals surface area contributed by atoms with Gasteiger partial charge in [0, 0.05) is 27.1 Å². The molecule has 0 spiro atoms. The molecule has 10 heteroatoms. The number of amides is 1. The van der Waals surface area contributed by atoms with Crippen LogP contribution >= 0.6 is 0 Å². The predicted molar refractivity (Wildman–Crippen MR) is 99.3 cm³/mol. The summed E-state index contributed by atoms with van der Waals surface area (Å²) in [6.45, 7) is 3.95. The van der Waals surface area contributed by atoms with Gasteiger partial charge in [-0.25, -0.2) is 17.7 Å². The van der Waals surface area contributed by atoms with Crippen molar-refractivity contribution in [1.29, 1.82) is 0 Å². The fraction of sp³-hybridized carbons (Fsp3) is 0.471. The molecule has 1 aromatic carbocycles. The Labute approximate surface area is 158 Å². The Balaban J connectivity index is 2.27. The molecule has 148 valence electrons. The average Bonchev–Trinajstić information content (AvgIpc) is 2.96. The number of carbonyl (C=O) groups is 2. The number of aromatic nitrogens is 2. The van der Waals surface area contributed by atoms with Crippen LogP contribution in [0.3, 0.4) is 0 Å². The van der Waals surface area contributed by atoms with E-state index in [1.54, 1.807) is 6.07 Å². The minimum absolute atomic E-state index is 0.0315. The van der Waals surface area contributed by atoms with Crippen LogP contribution in [0.1, 0.15) is 26.1 Å². The first kappa shape index (κ1) is 20.8. The number of sulfonamides is 1. The van der Waals surface area contributed by atoms with Crippen molar-refractivity contribution in [1.82, 2.24) is 13.9 Å². The molecule has 9 nitrogen and oxygen atoms in total. The van der Waals surface area contributed by atoms with E-state index < -0.39 is 28.0 Å². The van der Waals surface area contributed by atoms with Crippen molar-refractivity contribution in [3.63, 3.8) is 0 Å². The van der Waals surface area contributed by atoms with E-state index in [1.807, 2.05) is 11.5 Å². The van der Waals surface area contributed by atoms with Crippen molar-refractivity contribution < 1.29 is 22.7 Å². The van der Waals surface area contributed by atoms with Gasteiger partial charge in [0.1, 0.15) is 5.82 Å². The summed E-state index contributed by atoms with van der Waals surface area (Å²) >= 11 is 0. The molecular weight excluding hydrogens is 372 g/mol. The third-order valence-corrected chi connectivity index (χ3v) is 5.97. The van der Waals surface area contributed by atoms with Gasteiger partial charge in [-0.1, -0.05) is 0 Å². The Morgan fingerprint density at radius 1 is 1.33 bits per heavy atom. The van der Waals surface area contributed by atoms with E-state index in [0.29, 0.717) is 24.3 Å². The van der Waals surface area contributed by atoms with Gasteiger partial charge < -0.3 is 15.0 Å². The van der Waals surface area contributed by atoms with Crippen LogP contribution in [-0.4, -0.2) is 54.3 Å². The van der Waals surface area contributed by atoms with Crippen molar-refractivity contribution in [3.8, 4) is 0 Å². The zero-order valence-electron chi connectivity index (χ0n) is 15.8. The van der Waals surface area contributed by atoms with Crippen molar-refractivity contribution in [2.75, 3.05) is 14.1 Å². The Kier molecular flexibility index (Phi) is 6.22. The molecule has 0 saturated carbocycles. The minimum atomic E-state index is -3.56. The van der Waals surface area contributed by atoms with Gasteiger partial charge in [-0.3, -0.25) is 9.59 Å². The maximum absolute atomic E-state index is 12.3. The molecule has 1 aromatic heterocycles. The van der Waals surface area contributed by atoms with E-state index >= 15 is 0 Å². The molecule has 2 aromatic rings. The number of rotatable bonds is 8. The first-order valence-electron chi connectivity index (χ1n) is 8.48. The van der Waals surface area contributed by atoms with E-state index in [2.05, 4.69) is 4.98 Å². The molecule has 0 aliphatic carbocycles. The number of primary amides is 1. The SMILES string of the molecule is CCn1c(CCC(=O)O[C@@H](C)C(N)=O)nc2cc(S(=O)(=O)N(C)C)ccc21. The van der Waals surface area contributed by atoms with E-state index in [-0.39, 0.29) is 11.3 Å². The van der Waals surface area contributed by atoms with Crippen LogP contribution in [-0.2, 0) is 37.3 Å². The summed E-state index contributed by atoms with van der Waals surface area (Å²) in [6.07, 6.45) is -0.659. The highest BCUT2D eigenvalue weighted by Crippen LogP contribution is 2.22. The fourth-order valence-corrected chi connectivity index (χ4v) is 3.52. The second-order valence-electron chi connectivity index (χ2n) is 6.24. The molecule has 0 bridgehead atoms. The summed E-state index contributed by atoms with van der Waals surface area (Å²) in [7, 11) is -0.627. The number of fused-ring (bicyclic) bond motifs is 1. The number of nitrogens with zero attached hydrogens (tertiary/aromatic N) is 3. The molecule has 0 radical (unpaired) electrons. The smallest absolute Gasteiger partial charge is 0.307 e. The molecule has 1 heterocycles. The molecular formula is C17H24N4O5S. The minimum Gasteiger partial charge on any atom is -0.453 e.